The monoisotopic (exact) mass is 232 g/mol. The maximum absolute atomic E-state index is 5.74. The van der Waals surface area contributed by atoms with Crippen LogP contribution in [0.25, 0.3) is 0 Å². The molecule has 1 aromatic carbocycles. The molecule has 0 aromatic heterocycles. The van der Waals surface area contributed by atoms with E-state index in [-0.39, 0.29) is 6.10 Å². The van der Waals surface area contributed by atoms with Crippen LogP contribution in [0.2, 0.25) is 0 Å². The van der Waals surface area contributed by atoms with Gasteiger partial charge in [0.15, 0.2) is 0 Å². The number of ether oxygens (including phenoxy) is 2. The van der Waals surface area contributed by atoms with Gasteiger partial charge in [0.05, 0.1) is 19.3 Å². The minimum Gasteiger partial charge on any atom is -0.476 e. The van der Waals surface area contributed by atoms with Crippen LogP contribution >= 0.6 is 0 Å². The summed E-state index contributed by atoms with van der Waals surface area (Å²) in [5, 5.41) is 3.34. The quantitative estimate of drug-likeness (QED) is 0.831. The highest BCUT2D eigenvalue weighted by atomic mass is 16.5. The highest BCUT2D eigenvalue weighted by Crippen LogP contribution is 2.20. The lowest BCUT2D eigenvalue weighted by Crippen LogP contribution is -2.33. The van der Waals surface area contributed by atoms with Crippen molar-refractivity contribution in [3.8, 4) is 0 Å². The van der Waals surface area contributed by atoms with Crippen LogP contribution in [0.4, 0.5) is 0 Å². The van der Waals surface area contributed by atoms with Gasteiger partial charge in [-0.2, -0.15) is 0 Å². The van der Waals surface area contributed by atoms with Crippen molar-refractivity contribution in [3.63, 3.8) is 0 Å². The zero-order valence-electron chi connectivity index (χ0n) is 9.69. The van der Waals surface area contributed by atoms with Crippen LogP contribution in [0.3, 0.4) is 0 Å². The number of aliphatic imine (C=N–C) groups is 1. The fourth-order valence-electron chi connectivity index (χ4n) is 2.16. The van der Waals surface area contributed by atoms with E-state index in [0.29, 0.717) is 6.61 Å². The van der Waals surface area contributed by atoms with E-state index >= 15 is 0 Å². The van der Waals surface area contributed by atoms with Crippen LogP contribution in [0.1, 0.15) is 17.2 Å². The summed E-state index contributed by atoms with van der Waals surface area (Å²) in [5.41, 5.74) is 2.24. The second kappa shape index (κ2) is 4.85. The number of nitrogens with zero attached hydrogens (tertiary/aromatic N) is 1. The molecule has 90 valence electrons. The summed E-state index contributed by atoms with van der Waals surface area (Å²) in [4.78, 5) is 4.33. The van der Waals surface area contributed by atoms with Crippen molar-refractivity contribution in [2.75, 3.05) is 32.8 Å². The molecule has 1 aromatic rings. The van der Waals surface area contributed by atoms with Crippen molar-refractivity contribution < 1.29 is 9.47 Å². The predicted molar refractivity (Wildman–Crippen MR) is 65.4 cm³/mol. The van der Waals surface area contributed by atoms with Crippen LogP contribution in [0.15, 0.2) is 29.3 Å². The molecule has 0 spiro atoms. The van der Waals surface area contributed by atoms with E-state index in [1.165, 1.54) is 5.56 Å². The average molecular weight is 232 g/mol. The number of nitrogens with one attached hydrogen (secondary N) is 1. The first-order valence-corrected chi connectivity index (χ1v) is 6.03. The lowest BCUT2D eigenvalue weighted by molar-refractivity contribution is 0.0277. The van der Waals surface area contributed by atoms with Gasteiger partial charge in [0.25, 0.3) is 0 Å². The predicted octanol–water partition coefficient (Wildman–Crippen LogP) is 1.12. The highest BCUT2D eigenvalue weighted by Gasteiger charge is 2.17. The number of benzene rings is 1. The van der Waals surface area contributed by atoms with E-state index in [9.17, 15) is 0 Å². The first-order chi connectivity index (χ1) is 8.43. The molecule has 2 aliphatic heterocycles. The van der Waals surface area contributed by atoms with Gasteiger partial charge in [-0.05, 0) is 17.7 Å². The topological polar surface area (TPSA) is 42.8 Å². The zero-order chi connectivity index (χ0) is 11.5. The fraction of sp³-hybridized carbons (Fsp3) is 0.462. The molecule has 0 saturated carbocycles. The third kappa shape index (κ3) is 2.33. The van der Waals surface area contributed by atoms with Gasteiger partial charge in [-0.3, -0.25) is 0 Å². The minimum absolute atomic E-state index is 0.144. The van der Waals surface area contributed by atoms with Gasteiger partial charge in [-0.15, -0.1) is 0 Å². The lowest BCUT2D eigenvalue weighted by atomic mass is 10.1. The second-order valence-corrected chi connectivity index (χ2v) is 4.22. The molecule has 3 rings (SSSR count). The van der Waals surface area contributed by atoms with E-state index in [0.717, 1.165) is 37.7 Å². The molecule has 0 amide bonds. The van der Waals surface area contributed by atoms with Crippen LogP contribution < -0.4 is 5.32 Å². The van der Waals surface area contributed by atoms with Gasteiger partial charge in [0.1, 0.15) is 6.61 Å². The summed E-state index contributed by atoms with van der Waals surface area (Å²) in [6.07, 6.45) is 0.144. The molecular weight excluding hydrogens is 216 g/mol. The fourth-order valence-corrected chi connectivity index (χ4v) is 2.16. The van der Waals surface area contributed by atoms with Crippen molar-refractivity contribution in [2.24, 2.45) is 4.99 Å². The van der Waals surface area contributed by atoms with Crippen LogP contribution in [-0.4, -0.2) is 38.7 Å². The minimum atomic E-state index is 0.144. The van der Waals surface area contributed by atoms with Gasteiger partial charge in [0, 0.05) is 18.7 Å². The summed E-state index contributed by atoms with van der Waals surface area (Å²) in [6.45, 7) is 4.04. The van der Waals surface area contributed by atoms with Crippen molar-refractivity contribution >= 4 is 5.90 Å². The normalized spacial score (nSPS) is 24.2. The van der Waals surface area contributed by atoms with Crippen LogP contribution in [0, 0.1) is 0 Å². The van der Waals surface area contributed by atoms with Crippen LogP contribution in [-0.2, 0) is 9.47 Å². The Bertz CT molecular complexity index is 425. The highest BCUT2D eigenvalue weighted by molar-refractivity contribution is 5.95. The average Bonchev–Trinajstić information content (AvgIpc) is 2.94. The summed E-state index contributed by atoms with van der Waals surface area (Å²) in [5.74, 6) is 0.760. The zero-order valence-corrected chi connectivity index (χ0v) is 9.69. The molecule has 0 aliphatic carbocycles. The van der Waals surface area contributed by atoms with Crippen molar-refractivity contribution in [3.05, 3.63) is 35.4 Å². The Morgan fingerprint density at radius 3 is 3.06 bits per heavy atom. The van der Waals surface area contributed by atoms with E-state index in [2.05, 4.69) is 22.4 Å². The molecule has 4 heteroatoms. The number of morpholine rings is 1. The summed E-state index contributed by atoms with van der Waals surface area (Å²) >= 11 is 0. The molecule has 0 radical (unpaired) electrons. The van der Waals surface area contributed by atoms with E-state index in [1.807, 2.05) is 12.1 Å². The summed E-state index contributed by atoms with van der Waals surface area (Å²) in [6, 6.07) is 8.27. The van der Waals surface area contributed by atoms with Crippen molar-refractivity contribution in [2.45, 2.75) is 6.10 Å². The molecule has 1 atom stereocenters. The molecule has 4 nitrogen and oxygen atoms in total. The van der Waals surface area contributed by atoms with Crippen LogP contribution in [0.5, 0.6) is 0 Å². The van der Waals surface area contributed by atoms with Crippen molar-refractivity contribution in [1.82, 2.24) is 5.32 Å². The summed E-state index contributed by atoms with van der Waals surface area (Å²) in [7, 11) is 0. The first-order valence-electron chi connectivity index (χ1n) is 6.03. The Balaban J connectivity index is 1.82. The molecule has 1 fully saturated rings. The maximum Gasteiger partial charge on any atom is 0.216 e. The maximum atomic E-state index is 5.74. The van der Waals surface area contributed by atoms with E-state index in [4.69, 9.17) is 9.47 Å². The number of hydrogen-bond donors (Lipinski definition) is 1. The molecule has 2 aliphatic rings. The SMILES string of the molecule is c1cc(C2=NCCO2)cc(C2CNCCO2)c1. The Morgan fingerprint density at radius 2 is 2.29 bits per heavy atom. The molecule has 1 saturated heterocycles. The molecule has 0 bridgehead atoms. The molecule has 17 heavy (non-hydrogen) atoms. The van der Waals surface area contributed by atoms with E-state index in [1.54, 1.807) is 0 Å². The van der Waals surface area contributed by atoms with Crippen molar-refractivity contribution in [1.29, 1.82) is 0 Å². The smallest absolute Gasteiger partial charge is 0.216 e. The number of rotatable bonds is 2. The Hall–Kier alpha value is -1.39. The van der Waals surface area contributed by atoms with Gasteiger partial charge < -0.3 is 14.8 Å². The first kappa shape index (κ1) is 10.7. The van der Waals surface area contributed by atoms with Gasteiger partial charge in [0.2, 0.25) is 5.90 Å². The Morgan fingerprint density at radius 1 is 1.29 bits per heavy atom. The molecule has 2 heterocycles. The Labute approximate surface area is 101 Å². The van der Waals surface area contributed by atoms with Gasteiger partial charge >= 0.3 is 0 Å². The van der Waals surface area contributed by atoms with Gasteiger partial charge in [-0.25, -0.2) is 4.99 Å². The molecule has 1 N–H and O–H groups in total. The van der Waals surface area contributed by atoms with E-state index < -0.39 is 0 Å². The second-order valence-electron chi connectivity index (χ2n) is 4.22. The molecule has 1 unspecified atom stereocenters. The number of hydrogen-bond acceptors (Lipinski definition) is 4. The largest absolute Gasteiger partial charge is 0.476 e. The lowest BCUT2D eigenvalue weighted by Gasteiger charge is -2.24. The Kier molecular flexibility index (Phi) is 3.07. The third-order valence-electron chi connectivity index (χ3n) is 3.02. The molecular formula is C13H16N2O2. The summed E-state index contributed by atoms with van der Waals surface area (Å²) < 4.78 is 11.2. The third-order valence-corrected chi connectivity index (χ3v) is 3.02. The standard InChI is InChI=1S/C13H16N2O2/c1-2-10(12-9-14-4-6-16-12)8-11(3-1)13-15-5-7-17-13/h1-3,8,12,14H,4-7,9H2. The van der Waals surface area contributed by atoms with Gasteiger partial charge in [-0.1, -0.05) is 12.1 Å².